The zero-order valence-electron chi connectivity index (χ0n) is 18.3. The van der Waals surface area contributed by atoms with Crippen molar-refractivity contribution in [3.63, 3.8) is 0 Å². The Morgan fingerprint density at radius 2 is 0.960 bits per heavy atom. The van der Waals surface area contributed by atoms with Gasteiger partial charge in [0.2, 0.25) is 0 Å². The van der Waals surface area contributed by atoms with Gasteiger partial charge in [-0.05, 0) is 49.4 Å². The number of hydrogen-bond donors (Lipinski definition) is 1. The van der Waals surface area contributed by atoms with Crippen molar-refractivity contribution < 1.29 is 9.90 Å². The number of carbonyl (C=O) groups is 1. The van der Waals surface area contributed by atoms with Crippen LogP contribution < -0.4 is 0 Å². The second kappa shape index (κ2) is 11.2. The minimum Gasteiger partial charge on any atom is -0.481 e. The van der Waals surface area contributed by atoms with Crippen LogP contribution in [0.3, 0.4) is 0 Å². The van der Waals surface area contributed by atoms with E-state index in [0.717, 1.165) is 77.0 Å². The molecule has 0 aliphatic carbocycles. The van der Waals surface area contributed by atoms with Crippen LogP contribution in [-0.2, 0) is 4.79 Å². The van der Waals surface area contributed by atoms with Gasteiger partial charge in [-0.25, -0.2) is 0 Å². The Kier molecular flexibility index (Phi) is 11.0. The highest BCUT2D eigenvalue weighted by Crippen LogP contribution is 2.64. The summed E-state index contributed by atoms with van der Waals surface area (Å²) in [5.41, 5.74) is -0.583. The van der Waals surface area contributed by atoms with Crippen molar-refractivity contribution in [2.45, 2.75) is 126 Å². The number of aliphatic carboxylic acids is 1. The molecule has 0 saturated carbocycles. The topological polar surface area (TPSA) is 37.3 Å². The highest BCUT2D eigenvalue weighted by molar-refractivity contribution is 5.76. The van der Waals surface area contributed by atoms with Gasteiger partial charge in [-0.15, -0.1) is 0 Å². The quantitative estimate of drug-likeness (QED) is 0.325. The summed E-state index contributed by atoms with van der Waals surface area (Å²) in [6.45, 7) is 15.8. The molecule has 0 unspecified atom stereocenters. The van der Waals surface area contributed by atoms with Gasteiger partial charge in [0.25, 0.3) is 0 Å². The minimum absolute atomic E-state index is 0.102. The molecule has 25 heavy (non-hydrogen) atoms. The Hall–Kier alpha value is -0.530. The van der Waals surface area contributed by atoms with Crippen LogP contribution in [0.4, 0.5) is 0 Å². The molecule has 1 N–H and O–H groups in total. The van der Waals surface area contributed by atoms with E-state index in [1.54, 1.807) is 0 Å². The molecule has 0 rings (SSSR count). The Bertz CT molecular complexity index is 354. The van der Waals surface area contributed by atoms with Crippen molar-refractivity contribution in [2.75, 3.05) is 0 Å². The summed E-state index contributed by atoms with van der Waals surface area (Å²) in [6.07, 6.45) is 12.3. The molecule has 0 fully saturated rings. The average Bonchev–Trinajstić information content (AvgIpc) is 2.54. The van der Waals surface area contributed by atoms with E-state index in [-0.39, 0.29) is 10.8 Å². The van der Waals surface area contributed by atoms with Gasteiger partial charge in [-0.1, -0.05) is 87.0 Å². The fourth-order valence-electron chi connectivity index (χ4n) is 6.22. The van der Waals surface area contributed by atoms with Crippen LogP contribution in [0.15, 0.2) is 0 Å². The van der Waals surface area contributed by atoms with Crippen LogP contribution in [0.1, 0.15) is 126 Å². The monoisotopic (exact) mass is 354 g/mol. The molecule has 0 radical (unpaired) electrons. The molecular weight excluding hydrogens is 308 g/mol. The van der Waals surface area contributed by atoms with Gasteiger partial charge < -0.3 is 5.11 Å². The second-order valence-electron chi connectivity index (χ2n) is 8.53. The zero-order valence-corrected chi connectivity index (χ0v) is 18.3. The van der Waals surface area contributed by atoms with Gasteiger partial charge in [-0.3, -0.25) is 4.79 Å². The van der Waals surface area contributed by atoms with Gasteiger partial charge in [-0.2, -0.15) is 0 Å². The van der Waals surface area contributed by atoms with Crippen LogP contribution in [-0.4, -0.2) is 11.1 Å². The van der Waals surface area contributed by atoms with Gasteiger partial charge in [0.05, 0.1) is 5.41 Å². The molecule has 0 aromatic heterocycles. The lowest BCUT2D eigenvalue weighted by molar-refractivity contribution is -0.179. The number of carboxylic acid groups (broad SMARTS) is 1. The van der Waals surface area contributed by atoms with Gasteiger partial charge in [0, 0.05) is 0 Å². The van der Waals surface area contributed by atoms with Crippen LogP contribution in [0.5, 0.6) is 0 Å². The Morgan fingerprint density at radius 1 is 0.640 bits per heavy atom. The highest BCUT2D eigenvalue weighted by Gasteiger charge is 2.61. The van der Waals surface area contributed by atoms with Gasteiger partial charge in [0.15, 0.2) is 0 Å². The predicted molar refractivity (Wildman–Crippen MR) is 110 cm³/mol. The van der Waals surface area contributed by atoms with Crippen LogP contribution >= 0.6 is 0 Å². The summed E-state index contributed by atoms with van der Waals surface area (Å²) in [5.74, 6) is -0.531. The maximum absolute atomic E-state index is 12.9. The summed E-state index contributed by atoms with van der Waals surface area (Å²) in [5, 5.41) is 10.6. The molecule has 0 spiro atoms. The molecule has 0 atom stereocenters. The zero-order chi connectivity index (χ0) is 19.6. The molecule has 0 aromatic rings. The molecule has 0 amide bonds. The third-order valence-corrected chi connectivity index (χ3v) is 6.79. The van der Waals surface area contributed by atoms with Gasteiger partial charge >= 0.3 is 5.97 Å². The van der Waals surface area contributed by atoms with E-state index < -0.39 is 11.4 Å². The summed E-state index contributed by atoms with van der Waals surface area (Å²) < 4.78 is 0. The fourth-order valence-corrected chi connectivity index (χ4v) is 6.22. The summed E-state index contributed by atoms with van der Waals surface area (Å²) in [4.78, 5) is 12.9. The van der Waals surface area contributed by atoms with E-state index >= 15 is 0 Å². The van der Waals surface area contributed by atoms with Crippen molar-refractivity contribution in [3.05, 3.63) is 0 Å². The first-order chi connectivity index (χ1) is 11.8. The van der Waals surface area contributed by atoms with E-state index in [2.05, 4.69) is 48.5 Å². The highest BCUT2D eigenvalue weighted by atomic mass is 16.4. The normalized spacial score (nSPS) is 13.2. The Labute approximate surface area is 158 Å². The maximum atomic E-state index is 12.9. The first kappa shape index (κ1) is 24.5. The fraction of sp³-hybridized carbons (Fsp3) is 0.957. The van der Waals surface area contributed by atoms with E-state index in [4.69, 9.17) is 0 Å². The summed E-state index contributed by atoms with van der Waals surface area (Å²) in [6, 6.07) is 0. The largest absolute Gasteiger partial charge is 0.481 e. The second-order valence-corrected chi connectivity index (χ2v) is 8.53. The van der Waals surface area contributed by atoms with E-state index in [9.17, 15) is 9.90 Å². The molecule has 0 aromatic carbocycles. The SMILES string of the molecule is CCCC(C)(CCC)C(CCC)(CCC)C(CCC)(CCC)C(=O)O. The number of rotatable bonds is 15. The van der Waals surface area contributed by atoms with Crippen LogP contribution in [0.25, 0.3) is 0 Å². The van der Waals surface area contributed by atoms with Gasteiger partial charge in [0.1, 0.15) is 0 Å². The molecule has 0 aliphatic rings. The lowest BCUT2D eigenvalue weighted by atomic mass is 9.44. The van der Waals surface area contributed by atoms with Crippen molar-refractivity contribution in [3.8, 4) is 0 Å². The first-order valence-electron chi connectivity index (χ1n) is 11.0. The first-order valence-corrected chi connectivity index (χ1v) is 11.0. The predicted octanol–water partition coefficient (Wildman–Crippen LogP) is 7.85. The number of carboxylic acids is 1. The third-order valence-electron chi connectivity index (χ3n) is 6.79. The smallest absolute Gasteiger partial charge is 0.310 e. The standard InChI is InChI=1S/C23H46O2/c1-8-14-21(7,15-9-2)23(18-12-5,19-13-6)22(16-10-3,17-11-4)20(24)25/h8-19H2,1-7H3,(H,24,25). The average molecular weight is 355 g/mol. The molecule has 0 saturated heterocycles. The third kappa shape index (κ3) is 4.80. The van der Waals surface area contributed by atoms with E-state index in [0.29, 0.717) is 0 Å². The molecule has 2 nitrogen and oxygen atoms in total. The molecule has 150 valence electrons. The van der Waals surface area contributed by atoms with Crippen molar-refractivity contribution in [1.29, 1.82) is 0 Å². The molecule has 2 heteroatoms. The maximum Gasteiger partial charge on any atom is 0.310 e. The lowest BCUT2D eigenvalue weighted by Crippen LogP contribution is -2.56. The Morgan fingerprint density at radius 3 is 1.20 bits per heavy atom. The number of hydrogen-bond acceptors (Lipinski definition) is 1. The molecule has 0 heterocycles. The van der Waals surface area contributed by atoms with E-state index in [1.165, 1.54) is 0 Å². The molecule has 0 aliphatic heterocycles. The van der Waals surface area contributed by atoms with Crippen LogP contribution in [0, 0.1) is 16.2 Å². The lowest BCUT2D eigenvalue weighted by Gasteiger charge is -2.59. The molecule has 0 bridgehead atoms. The van der Waals surface area contributed by atoms with E-state index in [1.807, 2.05) is 0 Å². The van der Waals surface area contributed by atoms with Crippen molar-refractivity contribution in [1.82, 2.24) is 0 Å². The summed E-state index contributed by atoms with van der Waals surface area (Å²) >= 11 is 0. The van der Waals surface area contributed by atoms with Crippen molar-refractivity contribution in [2.24, 2.45) is 16.2 Å². The summed E-state index contributed by atoms with van der Waals surface area (Å²) in [7, 11) is 0. The molecular formula is C23H46O2. The minimum atomic E-state index is -0.582. The van der Waals surface area contributed by atoms with Crippen molar-refractivity contribution >= 4 is 5.97 Å². The Balaban J connectivity index is 6.70. The van der Waals surface area contributed by atoms with Crippen LogP contribution in [0.2, 0.25) is 0 Å².